The van der Waals surface area contributed by atoms with Crippen LogP contribution < -0.4 is 19.5 Å². The van der Waals surface area contributed by atoms with Crippen molar-refractivity contribution in [2.24, 2.45) is 0 Å². The van der Waals surface area contributed by atoms with E-state index in [9.17, 15) is 4.79 Å². The van der Waals surface area contributed by atoms with Crippen LogP contribution in [0.3, 0.4) is 0 Å². The van der Waals surface area contributed by atoms with Crippen LogP contribution in [0.25, 0.3) is 22.8 Å². The van der Waals surface area contributed by atoms with E-state index in [1.54, 1.807) is 31.4 Å². The van der Waals surface area contributed by atoms with Crippen LogP contribution in [-0.4, -0.2) is 35.9 Å². The molecular formula is C27H27N3O5. The number of hydrogen-bond donors (Lipinski definition) is 1. The van der Waals surface area contributed by atoms with Crippen LogP contribution in [0.2, 0.25) is 0 Å². The zero-order chi connectivity index (χ0) is 24.8. The lowest BCUT2D eigenvalue weighted by molar-refractivity contribution is -0.118. The number of rotatable bonds is 9. The topological polar surface area (TPSA) is 95.7 Å². The van der Waals surface area contributed by atoms with Crippen LogP contribution in [0.1, 0.15) is 19.4 Å². The molecule has 0 bridgehead atoms. The third-order valence-electron chi connectivity index (χ3n) is 5.00. The van der Waals surface area contributed by atoms with Gasteiger partial charge in [-0.25, -0.2) is 0 Å². The molecule has 0 saturated heterocycles. The van der Waals surface area contributed by atoms with E-state index in [1.807, 2.05) is 63.2 Å². The number of aromatic nitrogens is 2. The third kappa shape index (κ3) is 6.17. The lowest BCUT2D eigenvalue weighted by Crippen LogP contribution is -2.20. The lowest BCUT2D eigenvalue weighted by atomic mass is 10.1. The minimum Gasteiger partial charge on any atom is -0.497 e. The Morgan fingerprint density at radius 1 is 1.03 bits per heavy atom. The molecule has 0 unspecified atom stereocenters. The molecule has 8 heteroatoms. The summed E-state index contributed by atoms with van der Waals surface area (Å²) in [6, 6.07) is 20.1. The number of aryl methyl sites for hydroxylation is 1. The first-order valence-corrected chi connectivity index (χ1v) is 11.2. The van der Waals surface area contributed by atoms with Gasteiger partial charge in [-0.1, -0.05) is 35.0 Å². The van der Waals surface area contributed by atoms with Gasteiger partial charge in [0.2, 0.25) is 5.82 Å². The molecule has 35 heavy (non-hydrogen) atoms. The summed E-state index contributed by atoms with van der Waals surface area (Å²) >= 11 is 0. The van der Waals surface area contributed by atoms with Crippen LogP contribution >= 0.6 is 0 Å². The average Bonchev–Trinajstić information content (AvgIpc) is 3.33. The van der Waals surface area contributed by atoms with Crippen LogP contribution in [0.4, 0.5) is 5.69 Å². The second-order valence-corrected chi connectivity index (χ2v) is 8.18. The van der Waals surface area contributed by atoms with Gasteiger partial charge in [-0.2, -0.15) is 4.98 Å². The van der Waals surface area contributed by atoms with Crippen molar-refractivity contribution in [2.45, 2.75) is 26.9 Å². The Bertz CT molecular complexity index is 1300. The maximum atomic E-state index is 12.4. The van der Waals surface area contributed by atoms with E-state index in [0.29, 0.717) is 45.8 Å². The summed E-state index contributed by atoms with van der Waals surface area (Å²) in [7, 11) is 1.60. The molecule has 1 amide bonds. The number of anilines is 1. The third-order valence-corrected chi connectivity index (χ3v) is 5.00. The van der Waals surface area contributed by atoms with E-state index in [4.69, 9.17) is 18.7 Å². The first-order valence-electron chi connectivity index (χ1n) is 11.2. The highest BCUT2D eigenvalue weighted by atomic mass is 16.5. The fraction of sp³-hybridized carbons (Fsp3) is 0.222. The van der Waals surface area contributed by atoms with E-state index in [-0.39, 0.29) is 18.6 Å². The van der Waals surface area contributed by atoms with Gasteiger partial charge in [0.25, 0.3) is 11.8 Å². The Hall–Kier alpha value is -4.33. The molecule has 0 spiro atoms. The molecule has 4 rings (SSSR count). The van der Waals surface area contributed by atoms with E-state index in [0.717, 1.165) is 5.56 Å². The number of carbonyl (C=O) groups excluding carboxylic acids is 1. The minimum absolute atomic E-state index is 0.0430. The monoisotopic (exact) mass is 473 g/mol. The molecule has 0 aliphatic rings. The summed E-state index contributed by atoms with van der Waals surface area (Å²) in [5.74, 6) is 2.32. The highest BCUT2D eigenvalue weighted by Gasteiger charge is 2.17. The molecule has 0 aliphatic heterocycles. The maximum absolute atomic E-state index is 12.4. The number of carbonyl (C=O) groups is 1. The Kier molecular flexibility index (Phi) is 7.30. The second-order valence-electron chi connectivity index (χ2n) is 8.18. The molecule has 1 aromatic heterocycles. The summed E-state index contributed by atoms with van der Waals surface area (Å²) < 4.78 is 22.3. The van der Waals surface area contributed by atoms with Gasteiger partial charge < -0.3 is 24.1 Å². The summed E-state index contributed by atoms with van der Waals surface area (Å²) in [5, 5.41) is 6.95. The van der Waals surface area contributed by atoms with Crippen molar-refractivity contribution in [3.8, 4) is 40.1 Å². The maximum Gasteiger partial charge on any atom is 0.262 e. The average molecular weight is 474 g/mol. The highest BCUT2D eigenvalue weighted by molar-refractivity contribution is 5.92. The highest BCUT2D eigenvalue weighted by Crippen LogP contribution is 2.34. The molecule has 8 nitrogen and oxygen atoms in total. The van der Waals surface area contributed by atoms with Gasteiger partial charge >= 0.3 is 0 Å². The van der Waals surface area contributed by atoms with Crippen molar-refractivity contribution < 1.29 is 23.5 Å². The first kappa shape index (κ1) is 23.8. The lowest BCUT2D eigenvalue weighted by Gasteiger charge is -2.13. The fourth-order valence-electron chi connectivity index (χ4n) is 3.32. The molecule has 0 aliphatic carbocycles. The molecular weight excluding hydrogens is 446 g/mol. The molecule has 1 N–H and O–H groups in total. The Morgan fingerprint density at radius 2 is 1.80 bits per heavy atom. The summed E-state index contributed by atoms with van der Waals surface area (Å²) in [6.07, 6.45) is -0.0430. The van der Waals surface area contributed by atoms with Gasteiger partial charge in [-0.3, -0.25) is 4.79 Å². The van der Waals surface area contributed by atoms with Crippen molar-refractivity contribution in [1.82, 2.24) is 10.1 Å². The number of nitrogens with one attached hydrogen (secondary N) is 1. The van der Waals surface area contributed by atoms with Crippen LogP contribution in [0, 0.1) is 6.92 Å². The summed E-state index contributed by atoms with van der Waals surface area (Å²) in [4.78, 5) is 16.9. The smallest absolute Gasteiger partial charge is 0.262 e. The molecule has 0 atom stereocenters. The zero-order valence-electron chi connectivity index (χ0n) is 20.1. The Labute approximate surface area is 203 Å². The molecule has 1 heterocycles. The molecule has 0 fully saturated rings. The molecule has 0 radical (unpaired) electrons. The van der Waals surface area contributed by atoms with Crippen molar-refractivity contribution in [3.05, 3.63) is 72.3 Å². The predicted octanol–water partition coefficient (Wildman–Crippen LogP) is 5.53. The molecule has 4 aromatic rings. The molecule has 180 valence electrons. The molecule has 3 aromatic carbocycles. The van der Waals surface area contributed by atoms with Crippen molar-refractivity contribution in [1.29, 1.82) is 0 Å². The van der Waals surface area contributed by atoms with Gasteiger partial charge in [-0.05, 0) is 57.2 Å². The number of amides is 1. The van der Waals surface area contributed by atoms with Crippen molar-refractivity contribution in [3.63, 3.8) is 0 Å². The van der Waals surface area contributed by atoms with E-state index in [1.165, 1.54) is 0 Å². The van der Waals surface area contributed by atoms with Gasteiger partial charge in [0.15, 0.2) is 6.61 Å². The van der Waals surface area contributed by atoms with Gasteiger partial charge in [0, 0.05) is 17.3 Å². The first-order chi connectivity index (χ1) is 16.9. The minimum atomic E-state index is -0.273. The van der Waals surface area contributed by atoms with Gasteiger partial charge in [0.1, 0.15) is 17.2 Å². The second kappa shape index (κ2) is 10.7. The number of nitrogens with zero attached hydrogens (tertiary/aromatic N) is 2. The SMILES string of the molecule is COc1ccc(-c2nc(-c3cccc(NC(=O)COc4ccc(C)cc4)c3)no2)c(OC(C)C)c1. The van der Waals surface area contributed by atoms with E-state index in [2.05, 4.69) is 15.5 Å². The van der Waals surface area contributed by atoms with E-state index >= 15 is 0 Å². The number of hydrogen-bond acceptors (Lipinski definition) is 7. The zero-order valence-corrected chi connectivity index (χ0v) is 20.1. The number of methoxy groups -OCH3 is 1. The number of ether oxygens (including phenoxy) is 3. The fourth-order valence-corrected chi connectivity index (χ4v) is 3.32. The number of benzene rings is 3. The summed E-state index contributed by atoms with van der Waals surface area (Å²) in [5.41, 5.74) is 3.08. The predicted molar refractivity (Wildman–Crippen MR) is 133 cm³/mol. The Morgan fingerprint density at radius 3 is 2.54 bits per heavy atom. The largest absolute Gasteiger partial charge is 0.497 e. The quantitative estimate of drug-likeness (QED) is 0.342. The normalized spacial score (nSPS) is 10.8. The van der Waals surface area contributed by atoms with Gasteiger partial charge in [0.05, 0.1) is 18.8 Å². The van der Waals surface area contributed by atoms with E-state index < -0.39 is 0 Å². The standard InChI is InChI=1S/C27H27N3O5/c1-17(2)34-24-15-22(32-4)12-13-23(24)27-29-26(30-35-27)19-6-5-7-20(14-19)28-25(31)16-33-21-10-8-18(3)9-11-21/h5-15,17H,16H2,1-4H3,(H,28,31). The van der Waals surface area contributed by atoms with Crippen LogP contribution in [0.15, 0.2) is 71.3 Å². The Balaban J connectivity index is 1.47. The van der Waals surface area contributed by atoms with Gasteiger partial charge in [-0.15, -0.1) is 0 Å². The summed E-state index contributed by atoms with van der Waals surface area (Å²) in [6.45, 7) is 5.77. The van der Waals surface area contributed by atoms with Crippen LogP contribution in [0.5, 0.6) is 17.2 Å². The van der Waals surface area contributed by atoms with Crippen molar-refractivity contribution >= 4 is 11.6 Å². The molecule has 0 saturated carbocycles. The van der Waals surface area contributed by atoms with Crippen molar-refractivity contribution in [2.75, 3.05) is 19.0 Å². The van der Waals surface area contributed by atoms with Crippen LogP contribution in [-0.2, 0) is 4.79 Å².